The van der Waals surface area contributed by atoms with E-state index in [-0.39, 0.29) is 24.8 Å². The van der Waals surface area contributed by atoms with Gasteiger partial charge >= 0.3 is 263 Å². The fraction of sp³-hybridized carbons (Fsp3) is 0.457. The van der Waals surface area contributed by atoms with E-state index in [0.717, 1.165) is 52.4 Å². The second kappa shape index (κ2) is 14.1. The minimum absolute atomic E-state index is 0.106. The quantitative estimate of drug-likeness (QED) is 0.115. The van der Waals surface area contributed by atoms with Gasteiger partial charge < -0.3 is 0 Å². The third-order valence-electron chi connectivity index (χ3n) is 9.51. The number of nitrogens with one attached hydrogen (secondary N) is 3. The van der Waals surface area contributed by atoms with Crippen LogP contribution < -0.4 is 36.3 Å². The van der Waals surface area contributed by atoms with Gasteiger partial charge in [0.1, 0.15) is 0 Å². The SMILES string of the molecule is Cc1ncsc1-c1ccc(CNC(=O)[C@@H]2C[C@@H](O)CN2C(=O)[C@@H](N[I-]N2CCC[C@]2(C)c2nc3c(C(N)=O)cccc3[nH]2)C(C)(C)C)cc1. The molecule has 0 spiro atoms. The predicted molar refractivity (Wildman–Crippen MR) is 185 cm³/mol. The van der Waals surface area contributed by atoms with Crippen molar-refractivity contribution in [2.75, 3.05) is 13.1 Å². The van der Waals surface area contributed by atoms with Crippen molar-refractivity contribution in [3.8, 4) is 10.4 Å². The van der Waals surface area contributed by atoms with Crippen LogP contribution in [0.3, 0.4) is 0 Å². The Morgan fingerprint density at radius 2 is 1.96 bits per heavy atom. The average Bonchev–Trinajstić information content (AvgIpc) is 3.85. The van der Waals surface area contributed by atoms with Gasteiger partial charge in [-0.05, 0) is 6.92 Å². The van der Waals surface area contributed by atoms with Crippen molar-refractivity contribution < 1.29 is 41.2 Å². The van der Waals surface area contributed by atoms with E-state index in [4.69, 9.17) is 10.7 Å². The van der Waals surface area contributed by atoms with Gasteiger partial charge in [-0.1, -0.05) is 0 Å². The number of aliphatic hydroxyl groups excluding tert-OH is 1. The van der Waals surface area contributed by atoms with Gasteiger partial charge in [-0.25, -0.2) is 4.98 Å². The number of hydrogen-bond acceptors (Lipinski definition) is 9. The molecule has 49 heavy (non-hydrogen) atoms. The number of aromatic nitrogens is 3. The van der Waals surface area contributed by atoms with Gasteiger partial charge in [-0.15, -0.1) is 11.3 Å². The molecule has 4 atom stereocenters. The van der Waals surface area contributed by atoms with Crippen molar-refractivity contribution in [1.82, 2.24) is 31.8 Å². The number of para-hydroxylation sites is 1. The Balaban J connectivity index is 1.13. The Morgan fingerprint density at radius 1 is 1.20 bits per heavy atom. The van der Waals surface area contributed by atoms with E-state index < -0.39 is 56.8 Å². The van der Waals surface area contributed by atoms with Crippen molar-refractivity contribution in [2.24, 2.45) is 11.1 Å². The summed E-state index contributed by atoms with van der Waals surface area (Å²) in [6.07, 6.45) is 1.23. The number of nitrogens with two attached hydrogens (primary N) is 1. The Hall–Kier alpha value is -3.44. The van der Waals surface area contributed by atoms with E-state index in [1.54, 1.807) is 28.4 Å². The number of H-pyrrole nitrogens is 1. The van der Waals surface area contributed by atoms with Crippen LogP contribution >= 0.6 is 11.3 Å². The number of carbonyl (C=O) groups is 3. The molecule has 262 valence electrons. The normalized spacial score (nSPS) is 22.2. The van der Waals surface area contributed by atoms with Crippen molar-refractivity contribution in [2.45, 2.75) is 84.2 Å². The first-order chi connectivity index (χ1) is 23.3. The maximum atomic E-state index is 14.3. The molecule has 2 fully saturated rings. The number of fused-ring (bicyclic) bond motifs is 1. The summed E-state index contributed by atoms with van der Waals surface area (Å²) in [4.78, 5) is 55.1. The van der Waals surface area contributed by atoms with Gasteiger partial charge in [0, 0.05) is 0 Å². The Morgan fingerprint density at radius 3 is 2.63 bits per heavy atom. The number of halogens is 1. The molecule has 4 heterocycles. The number of β-amino-alcohol motifs (C(OH)–C–C–N with tert-alkyl or cyclic N) is 1. The number of imidazole rings is 1. The molecule has 2 saturated heterocycles. The molecular weight excluding hydrogens is 755 g/mol. The minimum atomic E-state index is -0.881. The molecule has 4 aromatic rings. The fourth-order valence-corrected chi connectivity index (χ4v) is 10.8. The van der Waals surface area contributed by atoms with Crippen molar-refractivity contribution in [3.05, 3.63) is 70.6 Å². The molecule has 0 bridgehead atoms. The number of amides is 3. The molecule has 2 aromatic carbocycles. The van der Waals surface area contributed by atoms with Crippen LogP contribution in [0.25, 0.3) is 21.5 Å². The van der Waals surface area contributed by atoms with E-state index in [2.05, 4.69) is 28.9 Å². The molecule has 2 aliphatic rings. The standard InChI is InChI=1S/C35H44IN8O4S/c1-20-28(49-19-39-20)22-12-10-21(11-13-22)17-38-31(47)26-16-23(45)18-43(26)32(48)29(34(2,3)4)42-36-44-15-7-14-35(44,5)33-40-25-9-6-8-24(30(37)46)27(25)41-33/h6,8-13,19,23,26,29,42,45H,7,14-18H2,1-5H3,(H2,37,46)(H,38,47)(H,40,41)/q-1/t23-,26+,29-,35-/m1/s1. The number of rotatable bonds is 10. The zero-order valence-corrected chi connectivity index (χ0v) is 31.4. The van der Waals surface area contributed by atoms with Gasteiger partial charge in [-0.3, -0.25) is 0 Å². The number of primary amides is 1. The molecule has 3 amide bonds. The first kappa shape index (κ1) is 35.4. The first-order valence-electron chi connectivity index (χ1n) is 16.5. The van der Waals surface area contributed by atoms with Crippen LogP contribution in [0.4, 0.5) is 0 Å². The van der Waals surface area contributed by atoms with Crippen LogP contribution in [-0.4, -0.2) is 77.1 Å². The van der Waals surface area contributed by atoms with E-state index in [1.807, 2.05) is 63.5 Å². The summed E-state index contributed by atoms with van der Waals surface area (Å²) in [6, 6.07) is 12.0. The number of hydrogen-bond donors (Lipinski definition) is 5. The number of benzene rings is 2. The van der Waals surface area contributed by atoms with E-state index in [9.17, 15) is 19.5 Å². The number of thiazole rings is 1. The van der Waals surface area contributed by atoms with Crippen molar-refractivity contribution in [1.29, 1.82) is 0 Å². The van der Waals surface area contributed by atoms with Crippen LogP contribution in [0.5, 0.6) is 0 Å². The zero-order valence-electron chi connectivity index (χ0n) is 28.4. The molecule has 0 unspecified atom stereocenters. The topological polar surface area (TPSA) is 170 Å². The van der Waals surface area contributed by atoms with Crippen molar-refractivity contribution in [3.63, 3.8) is 0 Å². The van der Waals surface area contributed by atoms with Crippen molar-refractivity contribution >= 4 is 40.1 Å². The molecule has 6 rings (SSSR count). The molecule has 14 heteroatoms. The molecule has 0 aliphatic carbocycles. The number of aryl methyl sites for hydroxylation is 1. The monoisotopic (exact) mass is 799 g/mol. The summed E-state index contributed by atoms with van der Waals surface area (Å²) < 4.78 is 6.00. The summed E-state index contributed by atoms with van der Waals surface area (Å²) in [5.41, 5.74) is 11.3. The van der Waals surface area contributed by atoms with Crippen LogP contribution in [0.2, 0.25) is 0 Å². The Kier molecular flexibility index (Phi) is 10.2. The number of aliphatic hydroxyl groups is 1. The van der Waals surface area contributed by atoms with Gasteiger partial charge in [0.25, 0.3) is 0 Å². The zero-order chi connectivity index (χ0) is 35.1. The van der Waals surface area contributed by atoms with E-state index in [1.165, 1.54) is 0 Å². The third kappa shape index (κ3) is 7.24. The molecule has 6 N–H and O–H groups in total. The number of aromatic amines is 1. The number of likely N-dealkylation sites (tertiary alicyclic amines) is 1. The summed E-state index contributed by atoms with van der Waals surface area (Å²) >= 11 is 0.715. The maximum absolute atomic E-state index is 14.3. The fourth-order valence-electron chi connectivity index (χ4n) is 6.61. The average molecular weight is 800 g/mol. The molecule has 0 saturated carbocycles. The summed E-state index contributed by atoms with van der Waals surface area (Å²) in [7, 11) is 0. The van der Waals surface area contributed by atoms with Gasteiger partial charge in [-0.2, -0.15) is 0 Å². The summed E-state index contributed by atoms with van der Waals surface area (Å²) in [5.74, 6) is -0.222. The van der Waals surface area contributed by atoms with Crippen LogP contribution in [0, 0.1) is 12.3 Å². The summed E-state index contributed by atoms with van der Waals surface area (Å²) in [5, 5.41) is 13.7. The van der Waals surface area contributed by atoms with Gasteiger partial charge in [0.2, 0.25) is 0 Å². The van der Waals surface area contributed by atoms with Crippen LogP contribution in [0.1, 0.15) is 74.4 Å². The molecule has 2 aliphatic heterocycles. The Bertz CT molecular complexity index is 1850. The van der Waals surface area contributed by atoms with E-state index in [0.29, 0.717) is 17.6 Å². The first-order valence-corrected chi connectivity index (χ1v) is 19.4. The Labute approximate surface area is 301 Å². The predicted octanol–water partition coefficient (Wildman–Crippen LogP) is 0.606. The van der Waals surface area contributed by atoms with Gasteiger partial charge in [0.15, 0.2) is 0 Å². The summed E-state index contributed by atoms with van der Waals surface area (Å²) in [6.45, 7) is 11.4. The van der Waals surface area contributed by atoms with E-state index >= 15 is 0 Å². The second-order valence-electron chi connectivity index (χ2n) is 14.2. The molecule has 0 radical (unpaired) electrons. The molecular formula is C35H44IN8O4S-. The molecule has 2 aromatic heterocycles. The number of carbonyl (C=O) groups excluding carboxylic acids is 3. The third-order valence-corrected chi connectivity index (χ3v) is 13.5. The second-order valence-corrected chi connectivity index (χ2v) is 17.3. The molecule has 12 nitrogen and oxygen atoms in total. The number of nitrogens with zero attached hydrogens (tertiary/aromatic N) is 4. The van der Waals surface area contributed by atoms with Crippen LogP contribution in [-0.2, 0) is 21.7 Å². The van der Waals surface area contributed by atoms with Gasteiger partial charge in [0.05, 0.1) is 16.1 Å². The van der Waals surface area contributed by atoms with Crippen LogP contribution in [0.15, 0.2) is 48.0 Å².